The molecule has 3 rings (SSSR count). The van der Waals surface area contributed by atoms with Gasteiger partial charge in [-0.1, -0.05) is 0 Å². The van der Waals surface area contributed by atoms with Gasteiger partial charge in [0.2, 0.25) is 5.88 Å². The van der Waals surface area contributed by atoms with Crippen LogP contribution in [0.3, 0.4) is 0 Å². The topological polar surface area (TPSA) is 75.5 Å². The highest BCUT2D eigenvalue weighted by molar-refractivity contribution is 5.94. The number of carbonyl (C=O) groups excluding carboxylic acids is 1. The van der Waals surface area contributed by atoms with Crippen LogP contribution in [0.4, 0.5) is 0 Å². The first kappa shape index (κ1) is 14.8. The summed E-state index contributed by atoms with van der Waals surface area (Å²) in [5, 5.41) is 8.92. The highest BCUT2D eigenvalue weighted by atomic mass is 16.5. The van der Waals surface area contributed by atoms with Gasteiger partial charge in [-0.15, -0.1) is 0 Å². The zero-order chi connectivity index (χ0) is 15.4. The Morgan fingerprint density at radius 2 is 2.23 bits per heavy atom. The van der Waals surface area contributed by atoms with Crippen molar-refractivity contribution in [3.63, 3.8) is 0 Å². The lowest BCUT2D eigenvalue weighted by Gasteiger charge is -2.29. The van der Waals surface area contributed by atoms with Crippen LogP contribution in [0, 0.1) is 17.2 Å². The molecule has 0 bridgehead atoms. The van der Waals surface area contributed by atoms with Crippen LogP contribution >= 0.6 is 0 Å². The molecular weight excluding hydrogens is 282 g/mol. The first-order valence-corrected chi connectivity index (χ1v) is 7.65. The smallest absolute Gasteiger partial charge is 0.254 e. The van der Waals surface area contributed by atoms with Gasteiger partial charge in [-0.2, -0.15) is 5.26 Å². The molecule has 2 aliphatic rings. The number of nitrogens with zero attached hydrogens (tertiary/aromatic N) is 3. The summed E-state index contributed by atoms with van der Waals surface area (Å²) in [7, 11) is 0. The van der Waals surface area contributed by atoms with Gasteiger partial charge in [0.25, 0.3) is 5.91 Å². The Hall–Kier alpha value is -2.13. The van der Waals surface area contributed by atoms with E-state index in [2.05, 4.69) is 11.1 Å². The second kappa shape index (κ2) is 6.75. The van der Waals surface area contributed by atoms with Gasteiger partial charge >= 0.3 is 0 Å². The van der Waals surface area contributed by atoms with Crippen molar-refractivity contribution in [3.05, 3.63) is 23.9 Å². The van der Waals surface area contributed by atoms with E-state index < -0.39 is 0 Å². The van der Waals surface area contributed by atoms with Crippen molar-refractivity contribution in [2.75, 3.05) is 26.3 Å². The lowest BCUT2D eigenvalue weighted by atomic mass is 9.98. The van der Waals surface area contributed by atoms with Crippen molar-refractivity contribution in [1.29, 1.82) is 5.26 Å². The Morgan fingerprint density at radius 1 is 1.41 bits per heavy atom. The first-order chi connectivity index (χ1) is 10.8. The minimum atomic E-state index is -0.0219. The van der Waals surface area contributed by atoms with Crippen molar-refractivity contribution in [1.82, 2.24) is 9.88 Å². The molecule has 0 N–H and O–H groups in total. The van der Waals surface area contributed by atoms with E-state index in [1.54, 1.807) is 23.2 Å². The molecule has 3 heterocycles. The Labute approximate surface area is 129 Å². The molecule has 6 nitrogen and oxygen atoms in total. The Morgan fingerprint density at radius 3 is 2.91 bits per heavy atom. The van der Waals surface area contributed by atoms with Crippen molar-refractivity contribution < 1.29 is 14.3 Å². The van der Waals surface area contributed by atoms with Crippen LogP contribution in [-0.4, -0.2) is 48.2 Å². The molecule has 0 saturated carbocycles. The zero-order valence-electron chi connectivity index (χ0n) is 12.4. The van der Waals surface area contributed by atoms with E-state index in [1.807, 2.05) is 0 Å². The SMILES string of the molecule is N#CC1CCN(C(=O)c2ccnc(OC3CCOC3)c2)CC1. The number of piperidine rings is 1. The standard InChI is InChI=1S/C16H19N3O3/c17-10-12-2-6-19(7-3-12)16(20)13-1-5-18-15(9-13)22-14-4-8-21-11-14/h1,5,9,12,14H,2-4,6-8,11H2. The highest BCUT2D eigenvalue weighted by Crippen LogP contribution is 2.20. The van der Waals surface area contributed by atoms with Crippen LogP contribution in [0.5, 0.6) is 5.88 Å². The largest absolute Gasteiger partial charge is 0.472 e. The Balaban J connectivity index is 1.64. The predicted molar refractivity (Wildman–Crippen MR) is 78.3 cm³/mol. The third kappa shape index (κ3) is 3.37. The molecule has 0 radical (unpaired) electrons. The molecule has 0 aliphatic carbocycles. The maximum absolute atomic E-state index is 12.5. The van der Waals surface area contributed by atoms with Crippen molar-refractivity contribution in [2.24, 2.45) is 5.92 Å². The normalized spacial score (nSPS) is 22.3. The number of rotatable bonds is 3. The number of nitriles is 1. The fourth-order valence-electron chi connectivity index (χ4n) is 2.78. The van der Waals surface area contributed by atoms with Gasteiger partial charge in [0.15, 0.2) is 0 Å². The highest BCUT2D eigenvalue weighted by Gasteiger charge is 2.24. The molecule has 1 aromatic rings. The average Bonchev–Trinajstić information content (AvgIpc) is 3.07. The van der Waals surface area contributed by atoms with Crippen LogP contribution in [-0.2, 0) is 4.74 Å². The van der Waals surface area contributed by atoms with E-state index in [-0.39, 0.29) is 17.9 Å². The second-order valence-electron chi connectivity index (χ2n) is 5.68. The number of hydrogen-bond donors (Lipinski definition) is 0. The molecule has 0 aromatic carbocycles. The lowest BCUT2D eigenvalue weighted by Crippen LogP contribution is -2.38. The monoisotopic (exact) mass is 301 g/mol. The maximum Gasteiger partial charge on any atom is 0.254 e. The minimum Gasteiger partial charge on any atom is -0.472 e. The van der Waals surface area contributed by atoms with Gasteiger partial charge in [0.1, 0.15) is 6.10 Å². The molecule has 22 heavy (non-hydrogen) atoms. The summed E-state index contributed by atoms with van der Waals surface area (Å²) in [6.07, 6.45) is 3.96. The Kier molecular flexibility index (Phi) is 4.54. The van der Waals surface area contributed by atoms with Crippen molar-refractivity contribution >= 4 is 5.91 Å². The second-order valence-corrected chi connectivity index (χ2v) is 5.68. The number of carbonyl (C=O) groups is 1. The van der Waals surface area contributed by atoms with Crippen LogP contribution in [0.2, 0.25) is 0 Å². The van der Waals surface area contributed by atoms with Crippen LogP contribution in [0.1, 0.15) is 29.6 Å². The van der Waals surface area contributed by atoms with Gasteiger partial charge < -0.3 is 14.4 Å². The number of pyridine rings is 1. The Bertz CT molecular complexity index is 570. The van der Waals surface area contributed by atoms with Crippen molar-refractivity contribution in [2.45, 2.75) is 25.4 Å². The van der Waals surface area contributed by atoms with E-state index in [9.17, 15) is 4.79 Å². The zero-order valence-corrected chi connectivity index (χ0v) is 12.4. The fourth-order valence-corrected chi connectivity index (χ4v) is 2.78. The number of likely N-dealkylation sites (tertiary alicyclic amines) is 1. The molecule has 116 valence electrons. The van der Waals surface area contributed by atoms with Crippen molar-refractivity contribution in [3.8, 4) is 11.9 Å². The van der Waals surface area contributed by atoms with Crippen LogP contribution in [0.15, 0.2) is 18.3 Å². The molecular formula is C16H19N3O3. The van der Waals surface area contributed by atoms with E-state index in [0.29, 0.717) is 37.7 Å². The molecule has 1 aromatic heterocycles. The molecule has 2 saturated heterocycles. The number of ether oxygens (including phenoxy) is 2. The summed E-state index contributed by atoms with van der Waals surface area (Å²) in [6.45, 7) is 2.54. The molecule has 6 heteroatoms. The summed E-state index contributed by atoms with van der Waals surface area (Å²) in [4.78, 5) is 18.5. The van der Waals surface area contributed by atoms with Crippen LogP contribution < -0.4 is 4.74 Å². The maximum atomic E-state index is 12.5. The van der Waals surface area contributed by atoms with E-state index in [1.165, 1.54) is 0 Å². The molecule has 1 amide bonds. The van der Waals surface area contributed by atoms with Gasteiger partial charge in [0, 0.05) is 43.3 Å². The van der Waals surface area contributed by atoms with E-state index >= 15 is 0 Å². The van der Waals surface area contributed by atoms with Crippen LogP contribution in [0.25, 0.3) is 0 Å². The van der Waals surface area contributed by atoms with Gasteiger partial charge in [-0.3, -0.25) is 4.79 Å². The first-order valence-electron chi connectivity index (χ1n) is 7.65. The number of hydrogen-bond acceptors (Lipinski definition) is 5. The fraction of sp³-hybridized carbons (Fsp3) is 0.562. The third-order valence-corrected chi connectivity index (χ3v) is 4.12. The summed E-state index contributed by atoms with van der Waals surface area (Å²) in [5.41, 5.74) is 0.583. The minimum absolute atomic E-state index is 0.0178. The quantitative estimate of drug-likeness (QED) is 0.848. The molecule has 2 aliphatic heterocycles. The molecule has 1 atom stereocenters. The summed E-state index contributed by atoms with van der Waals surface area (Å²) >= 11 is 0. The molecule has 1 unspecified atom stereocenters. The summed E-state index contributed by atoms with van der Waals surface area (Å²) < 4.78 is 11.0. The molecule has 0 spiro atoms. The van der Waals surface area contributed by atoms with E-state index in [0.717, 1.165) is 19.3 Å². The van der Waals surface area contributed by atoms with Gasteiger partial charge in [0.05, 0.1) is 19.3 Å². The van der Waals surface area contributed by atoms with E-state index in [4.69, 9.17) is 14.7 Å². The van der Waals surface area contributed by atoms with Gasteiger partial charge in [-0.05, 0) is 18.9 Å². The third-order valence-electron chi connectivity index (χ3n) is 4.12. The summed E-state index contributed by atoms with van der Waals surface area (Å²) in [6, 6.07) is 5.67. The van der Waals surface area contributed by atoms with Gasteiger partial charge in [-0.25, -0.2) is 4.98 Å². The molecule has 2 fully saturated rings. The predicted octanol–water partition coefficient (Wildman–Crippen LogP) is 1.63. The number of aromatic nitrogens is 1. The summed E-state index contributed by atoms with van der Waals surface area (Å²) in [5.74, 6) is 0.516. The lowest BCUT2D eigenvalue weighted by molar-refractivity contribution is 0.0706. The average molecular weight is 301 g/mol. The number of amides is 1.